The average molecular weight is 305 g/mol. The molecule has 3 nitrogen and oxygen atoms in total. The zero-order valence-corrected chi connectivity index (χ0v) is 13.0. The van der Waals surface area contributed by atoms with E-state index < -0.39 is 0 Å². The topological polar surface area (TPSA) is 48.1 Å². The van der Waals surface area contributed by atoms with Crippen molar-refractivity contribution < 1.29 is 4.74 Å². The van der Waals surface area contributed by atoms with E-state index in [-0.39, 0.29) is 6.04 Å². The van der Waals surface area contributed by atoms with Gasteiger partial charge in [0.1, 0.15) is 5.75 Å². The minimum absolute atomic E-state index is 0.104. The highest BCUT2D eigenvalue weighted by Gasteiger charge is 2.11. The summed E-state index contributed by atoms with van der Waals surface area (Å²) in [5.74, 6) is 0.834. The Hall–Kier alpha value is -1.58. The van der Waals surface area contributed by atoms with Crippen LogP contribution in [0.5, 0.6) is 5.75 Å². The Labute approximate surface area is 131 Å². The second-order valence-corrected chi connectivity index (χ2v) is 5.45. The fraction of sp³-hybridized carbons (Fsp3) is 0.353. The summed E-state index contributed by atoms with van der Waals surface area (Å²) in [5, 5.41) is 0.723. The van der Waals surface area contributed by atoms with Crippen molar-refractivity contribution in [3.63, 3.8) is 0 Å². The third-order valence-electron chi connectivity index (χ3n) is 3.46. The van der Waals surface area contributed by atoms with Gasteiger partial charge in [0, 0.05) is 35.4 Å². The number of benzene rings is 1. The number of halogens is 1. The van der Waals surface area contributed by atoms with E-state index in [1.54, 1.807) is 12.4 Å². The lowest BCUT2D eigenvalue weighted by Gasteiger charge is -2.16. The molecule has 1 unspecified atom stereocenters. The number of pyridine rings is 1. The van der Waals surface area contributed by atoms with Gasteiger partial charge in [-0.2, -0.15) is 0 Å². The molecule has 0 saturated heterocycles. The van der Waals surface area contributed by atoms with Crippen LogP contribution in [0.3, 0.4) is 0 Å². The molecule has 1 aromatic heterocycles. The van der Waals surface area contributed by atoms with Crippen molar-refractivity contribution in [1.82, 2.24) is 4.98 Å². The predicted molar refractivity (Wildman–Crippen MR) is 86.9 cm³/mol. The van der Waals surface area contributed by atoms with Crippen LogP contribution in [0.4, 0.5) is 0 Å². The standard InChI is InChI=1S/C17H21ClN2O/c1-2-14(19)12-15-16(18)4-3-5-17(15)21-11-8-13-6-9-20-10-7-13/h3-7,9-10,14H,2,8,11-12,19H2,1H3. The summed E-state index contributed by atoms with van der Waals surface area (Å²) >= 11 is 6.28. The fourth-order valence-corrected chi connectivity index (χ4v) is 2.35. The highest BCUT2D eigenvalue weighted by atomic mass is 35.5. The highest BCUT2D eigenvalue weighted by Crippen LogP contribution is 2.28. The van der Waals surface area contributed by atoms with Crippen LogP contribution in [0.25, 0.3) is 0 Å². The molecule has 4 heteroatoms. The molecular formula is C17H21ClN2O. The number of hydrogen-bond donors (Lipinski definition) is 1. The van der Waals surface area contributed by atoms with Gasteiger partial charge in [-0.05, 0) is 42.7 Å². The van der Waals surface area contributed by atoms with Gasteiger partial charge in [-0.25, -0.2) is 0 Å². The fourth-order valence-electron chi connectivity index (χ4n) is 2.11. The van der Waals surface area contributed by atoms with Crippen LogP contribution in [0.2, 0.25) is 5.02 Å². The Morgan fingerprint density at radius 1 is 1.24 bits per heavy atom. The number of nitrogens with zero attached hydrogens (tertiary/aromatic N) is 1. The van der Waals surface area contributed by atoms with E-state index in [0.717, 1.165) is 35.6 Å². The van der Waals surface area contributed by atoms with Gasteiger partial charge < -0.3 is 10.5 Å². The van der Waals surface area contributed by atoms with Gasteiger partial charge in [0.2, 0.25) is 0 Å². The van der Waals surface area contributed by atoms with Crippen LogP contribution in [0.15, 0.2) is 42.7 Å². The molecule has 0 aliphatic heterocycles. The second-order valence-electron chi connectivity index (χ2n) is 5.04. The maximum Gasteiger partial charge on any atom is 0.124 e. The van der Waals surface area contributed by atoms with Gasteiger partial charge in [0.05, 0.1) is 6.61 Å². The molecule has 1 atom stereocenters. The van der Waals surface area contributed by atoms with Crippen molar-refractivity contribution in [3.05, 3.63) is 58.9 Å². The van der Waals surface area contributed by atoms with Crippen molar-refractivity contribution in [2.45, 2.75) is 32.2 Å². The summed E-state index contributed by atoms with van der Waals surface area (Å²) in [7, 11) is 0. The number of aromatic nitrogens is 1. The first-order valence-corrected chi connectivity index (χ1v) is 7.63. The van der Waals surface area contributed by atoms with E-state index in [1.165, 1.54) is 5.56 Å². The summed E-state index contributed by atoms with van der Waals surface area (Å²) in [6, 6.07) is 9.84. The number of ether oxygens (including phenoxy) is 1. The molecule has 0 spiro atoms. The first-order chi connectivity index (χ1) is 10.2. The van der Waals surface area contributed by atoms with E-state index in [2.05, 4.69) is 11.9 Å². The molecule has 0 amide bonds. The van der Waals surface area contributed by atoms with Crippen LogP contribution in [0, 0.1) is 0 Å². The molecule has 2 aromatic rings. The van der Waals surface area contributed by atoms with Gasteiger partial charge in [-0.15, -0.1) is 0 Å². The largest absolute Gasteiger partial charge is 0.493 e. The molecule has 0 aliphatic carbocycles. The molecule has 1 aromatic carbocycles. The molecule has 0 saturated carbocycles. The lowest BCUT2D eigenvalue weighted by Crippen LogP contribution is -2.22. The molecular weight excluding hydrogens is 284 g/mol. The number of hydrogen-bond acceptors (Lipinski definition) is 3. The molecule has 0 fully saturated rings. The van der Waals surface area contributed by atoms with E-state index in [4.69, 9.17) is 22.1 Å². The minimum atomic E-state index is 0.104. The summed E-state index contributed by atoms with van der Waals surface area (Å²) < 4.78 is 5.91. The molecule has 2 rings (SSSR count). The van der Waals surface area contributed by atoms with Crippen molar-refractivity contribution in [2.75, 3.05) is 6.61 Å². The van der Waals surface area contributed by atoms with Gasteiger partial charge in [0.15, 0.2) is 0 Å². The number of rotatable bonds is 7. The Bertz CT molecular complexity index is 560. The molecule has 1 heterocycles. The third kappa shape index (κ3) is 4.73. The second kappa shape index (κ2) is 8.01. The zero-order valence-electron chi connectivity index (χ0n) is 12.3. The van der Waals surface area contributed by atoms with Gasteiger partial charge in [-0.1, -0.05) is 24.6 Å². The predicted octanol–water partition coefficient (Wildman–Crippen LogP) is 3.64. The molecule has 0 aliphatic rings. The van der Waals surface area contributed by atoms with Gasteiger partial charge in [0.25, 0.3) is 0 Å². The van der Waals surface area contributed by atoms with Crippen LogP contribution in [0.1, 0.15) is 24.5 Å². The molecule has 2 N–H and O–H groups in total. The van der Waals surface area contributed by atoms with Crippen LogP contribution >= 0.6 is 11.6 Å². The van der Waals surface area contributed by atoms with E-state index in [0.29, 0.717) is 6.61 Å². The van der Waals surface area contributed by atoms with Crippen molar-refractivity contribution in [1.29, 1.82) is 0 Å². The Balaban J connectivity index is 2.00. The Kier molecular flexibility index (Phi) is 6.03. The molecule has 0 radical (unpaired) electrons. The normalized spacial score (nSPS) is 12.1. The average Bonchev–Trinajstić information content (AvgIpc) is 2.51. The van der Waals surface area contributed by atoms with Crippen molar-refractivity contribution >= 4 is 11.6 Å². The zero-order chi connectivity index (χ0) is 15.1. The van der Waals surface area contributed by atoms with Crippen LogP contribution < -0.4 is 10.5 Å². The quantitative estimate of drug-likeness (QED) is 0.849. The van der Waals surface area contributed by atoms with Crippen LogP contribution in [-0.4, -0.2) is 17.6 Å². The molecule has 0 bridgehead atoms. The van der Waals surface area contributed by atoms with E-state index >= 15 is 0 Å². The van der Waals surface area contributed by atoms with Crippen molar-refractivity contribution in [2.24, 2.45) is 5.73 Å². The summed E-state index contributed by atoms with van der Waals surface area (Å²) in [4.78, 5) is 4.01. The Morgan fingerprint density at radius 3 is 2.71 bits per heavy atom. The summed E-state index contributed by atoms with van der Waals surface area (Å²) in [5.41, 5.74) is 8.25. The smallest absolute Gasteiger partial charge is 0.124 e. The van der Waals surface area contributed by atoms with E-state index in [1.807, 2.05) is 30.3 Å². The lowest BCUT2D eigenvalue weighted by molar-refractivity contribution is 0.317. The van der Waals surface area contributed by atoms with Gasteiger partial charge in [-0.3, -0.25) is 4.98 Å². The Morgan fingerprint density at radius 2 is 2.00 bits per heavy atom. The summed E-state index contributed by atoms with van der Waals surface area (Å²) in [6.45, 7) is 2.68. The van der Waals surface area contributed by atoms with Crippen LogP contribution in [-0.2, 0) is 12.8 Å². The van der Waals surface area contributed by atoms with E-state index in [9.17, 15) is 0 Å². The first kappa shape index (κ1) is 15.8. The monoisotopic (exact) mass is 304 g/mol. The minimum Gasteiger partial charge on any atom is -0.493 e. The molecule has 112 valence electrons. The first-order valence-electron chi connectivity index (χ1n) is 7.25. The number of nitrogens with two attached hydrogens (primary N) is 1. The maximum absolute atomic E-state index is 6.28. The molecule has 21 heavy (non-hydrogen) atoms. The van der Waals surface area contributed by atoms with Crippen molar-refractivity contribution in [3.8, 4) is 5.75 Å². The maximum atomic E-state index is 6.28. The van der Waals surface area contributed by atoms with Gasteiger partial charge >= 0.3 is 0 Å². The SMILES string of the molecule is CCC(N)Cc1c(Cl)cccc1OCCc1ccncc1. The highest BCUT2D eigenvalue weighted by molar-refractivity contribution is 6.31. The summed E-state index contributed by atoms with van der Waals surface area (Å²) in [6.07, 6.45) is 6.08. The lowest BCUT2D eigenvalue weighted by atomic mass is 10.0. The third-order valence-corrected chi connectivity index (χ3v) is 3.82.